The van der Waals surface area contributed by atoms with E-state index in [1.165, 1.54) is 0 Å². The highest BCUT2D eigenvalue weighted by Crippen LogP contribution is 2.21. The lowest BCUT2D eigenvalue weighted by Gasteiger charge is -2.07. The minimum Gasteiger partial charge on any atom is -0.478 e. The van der Waals surface area contributed by atoms with E-state index in [-0.39, 0.29) is 12.4 Å². The molecule has 0 fully saturated rings. The Labute approximate surface area is 153 Å². The van der Waals surface area contributed by atoms with E-state index >= 15 is 0 Å². The number of guanidine groups is 1. The standard InChI is InChI=1S/C18H16N4O5/c19-18(20)21-12-6-4-10(5-7-12)17(25)26-13-3-1-2-11(8-13)14-9-15(16(23)24)27-22-14/h1-8,15H,9H2,(H,23,24)(H4,19,20,21). The van der Waals surface area contributed by atoms with Crippen LogP contribution in [0.1, 0.15) is 22.3 Å². The molecule has 0 bridgehead atoms. The number of hydrogen-bond acceptors (Lipinski definition) is 6. The Morgan fingerprint density at radius 2 is 2.00 bits per heavy atom. The topological polar surface area (TPSA) is 147 Å². The molecule has 1 heterocycles. The number of nitrogens with zero attached hydrogens (tertiary/aromatic N) is 1. The number of esters is 1. The predicted octanol–water partition coefficient (Wildman–Crippen LogP) is 1.79. The van der Waals surface area contributed by atoms with Crippen LogP contribution in [0, 0.1) is 5.41 Å². The molecular formula is C18H16N4O5. The van der Waals surface area contributed by atoms with Crippen LogP contribution >= 0.6 is 0 Å². The molecule has 0 radical (unpaired) electrons. The molecule has 0 aliphatic carbocycles. The minimum absolute atomic E-state index is 0.136. The fourth-order valence-corrected chi connectivity index (χ4v) is 2.43. The van der Waals surface area contributed by atoms with Crippen LogP contribution < -0.4 is 15.8 Å². The molecule has 1 aliphatic heterocycles. The number of anilines is 1. The maximum absolute atomic E-state index is 12.3. The number of nitrogens with one attached hydrogen (secondary N) is 2. The van der Waals surface area contributed by atoms with Crippen molar-refractivity contribution in [1.29, 1.82) is 5.41 Å². The summed E-state index contributed by atoms with van der Waals surface area (Å²) in [6.07, 6.45) is -0.870. The second kappa shape index (κ2) is 7.56. The normalized spacial score (nSPS) is 15.4. The molecule has 0 saturated carbocycles. The van der Waals surface area contributed by atoms with Crippen LogP contribution in [-0.4, -0.2) is 34.8 Å². The van der Waals surface area contributed by atoms with Crippen LogP contribution in [-0.2, 0) is 9.63 Å². The molecule has 9 nitrogen and oxygen atoms in total. The Morgan fingerprint density at radius 3 is 2.63 bits per heavy atom. The van der Waals surface area contributed by atoms with Crippen LogP contribution in [0.2, 0.25) is 0 Å². The molecule has 27 heavy (non-hydrogen) atoms. The quantitative estimate of drug-likeness (QED) is 0.272. The molecule has 1 atom stereocenters. The molecule has 0 spiro atoms. The molecule has 2 aromatic rings. The van der Waals surface area contributed by atoms with E-state index in [2.05, 4.69) is 10.5 Å². The fourth-order valence-electron chi connectivity index (χ4n) is 2.43. The third-order valence-corrected chi connectivity index (χ3v) is 3.72. The van der Waals surface area contributed by atoms with Gasteiger partial charge in [-0.15, -0.1) is 0 Å². The van der Waals surface area contributed by atoms with Gasteiger partial charge in [-0.25, -0.2) is 9.59 Å². The zero-order chi connectivity index (χ0) is 19.4. The molecule has 9 heteroatoms. The number of ether oxygens (including phenoxy) is 1. The van der Waals surface area contributed by atoms with Crippen LogP contribution in [0.3, 0.4) is 0 Å². The van der Waals surface area contributed by atoms with E-state index in [0.717, 1.165) is 0 Å². The number of nitrogens with two attached hydrogens (primary N) is 1. The number of carbonyl (C=O) groups excluding carboxylic acids is 1. The highest BCUT2D eigenvalue weighted by molar-refractivity contribution is 6.03. The van der Waals surface area contributed by atoms with Crippen molar-refractivity contribution >= 4 is 29.3 Å². The zero-order valence-electron chi connectivity index (χ0n) is 14.0. The maximum atomic E-state index is 12.3. The fraction of sp³-hybridized carbons (Fsp3) is 0.111. The van der Waals surface area contributed by atoms with Gasteiger partial charge >= 0.3 is 11.9 Å². The van der Waals surface area contributed by atoms with Gasteiger partial charge in [-0.05, 0) is 36.4 Å². The van der Waals surface area contributed by atoms with Crippen molar-refractivity contribution in [2.24, 2.45) is 10.9 Å². The van der Waals surface area contributed by atoms with Gasteiger partial charge in [0.15, 0.2) is 5.96 Å². The third-order valence-electron chi connectivity index (χ3n) is 3.72. The van der Waals surface area contributed by atoms with Gasteiger partial charge in [0, 0.05) is 17.7 Å². The van der Waals surface area contributed by atoms with E-state index in [4.69, 9.17) is 25.8 Å². The Morgan fingerprint density at radius 1 is 1.26 bits per heavy atom. The Hall–Kier alpha value is -3.88. The van der Waals surface area contributed by atoms with E-state index < -0.39 is 18.0 Å². The summed E-state index contributed by atoms with van der Waals surface area (Å²) in [5.74, 6) is -1.55. The maximum Gasteiger partial charge on any atom is 0.348 e. The van der Waals surface area contributed by atoms with Crippen molar-refractivity contribution in [2.45, 2.75) is 12.5 Å². The van der Waals surface area contributed by atoms with Gasteiger partial charge in [-0.2, -0.15) is 0 Å². The number of carboxylic acids is 1. The van der Waals surface area contributed by atoms with Gasteiger partial charge in [0.2, 0.25) is 6.10 Å². The van der Waals surface area contributed by atoms with Crippen LogP contribution in [0.5, 0.6) is 5.75 Å². The summed E-state index contributed by atoms with van der Waals surface area (Å²) < 4.78 is 5.36. The predicted molar refractivity (Wildman–Crippen MR) is 97.0 cm³/mol. The summed E-state index contributed by atoms with van der Waals surface area (Å²) >= 11 is 0. The molecule has 0 saturated heterocycles. The summed E-state index contributed by atoms with van der Waals surface area (Å²) in [7, 11) is 0. The minimum atomic E-state index is -1.08. The number of carboxylic acid groups (broad SMARTS) is 1. The molecule has 138 valence electrons. The van der Waals surface area contributed by atoms with Crippen LogP contribution in [0.15, 0.2) is 53.7 Å². The largest absolute Gasteiger partial charge is 0.478 e. The van der Waals surface area contributed by atoms with E-state index in [0.29, 0.717) is 28.3 Å². The number of benzene rings is 2. The average molecular weight is 368 g/mol. The van der Waals surface area contributed by atoms with Crippen LogP contribution in [0.25, 0.3) is 0 Å². The lowest BCUT2D eigenvalue weighted by atomic mass is 10.0. The number of oxime groups is 1. The number of hydrogen-bond donors (Lipinski definition) is 4. The molecule has 2 aromatic carbocycles. The van der Waals surface area contributed by atoms with Gasteiger partial charge in [0.25, 0.3) is 0 Å². The summed E-state index contributed by atoms with van der Waals surface area (Å²) in [6, 6.07) is 12.9. The molecular weight excluding hydrogens is 352 g/mol. The Balaban J connectivity index is 1.68. The van der Waals surface area contributed by atoms with Crippen LogP contribution in [0.4, 0.5) is 5.69 Å². The van der Waals surface area contributed by atoms with Crippen molar-refractivity contribution in [1.82, 2.24) is 0 Å². The van der Waals surface area contributed by atoms with Gasteiger partial charge < -0.3 is 25.7 Å². The molecule has 3 rings (SSSR count). The van der Waals surface area contributed by atoms with Crippen molar-refractivity contribution in [3.05, 3.63) is 59.7 Å². The lowest BCUT2D eigenvalue weighted by molar-refractivity contribution is -0.148. The van der Waals surface area contributed by atoms with E-state index in [1.807, 2.05) is 0 Å². The number of aliphatic carboxylic acids is 1. The summed E-state index contributed by atoms with van der Waals surface area (Å²) in [4.78, 5) is 28.1. The smallest absolute Gasteiger partial charge is 0.348 e. The SMILES string of the molecule is N=C(N)Nc1ccc(C(=O)Oc2cccc(C3=NOC(C(=O)O)C3)c2)cc1. The van der Waals surface area contributed by atoms with E-state index in [9.17, 15) is 9.59 Å². The monoisotopic (exact) mass is 368 g/mol. The molecule has 0 aromatic heterocycles. The molecule has 5 N–H and O–H groups in total. The van der Waals surface area contributed by atoms with Gasteiger partial charge in [-0.1, -0.05) is 17.3 Å². The first-order valence-corrected chi connectivity index (χ1v) is 7.91. The third kappa shape index (κ3) is 4.40. The van der Waals surface area contributed by atoms with E-state index in [1.54, 1.807) is 48.5 Å². The first-order chi connectivity index (χ1) is 12.9. The second-order valence-electron chi connectivity index (χ2n) is 5.71. The molecule has 1 unspecified atom stereocenters. The number of rotatable bonds is 5. The van der Waals surface area contributed by atoms with Gasteiger partial charge in [-0.3, -0.25) is 5.41 Å². The van der Waals surface area contributed by atoms with Crippen molar-refractivity contribution < 1.29 is 24.3 Å². The first kappa shape index (κ1) is 17.9. The van der Waals surface area contributed by atoms with Crippen molar-refractivity contribution in [2.75, 3.05) is 5.32 Å². The highest BCUT2D eigenvalue weighted by atomic mass is 16.7. The highest BCUT2D eigenvalue weighted by Gasteiger charge is 2.28. The van der Waals surface area contributed by atoms with Gasteiger partial charge in [0.05, 0.1) is 11.3 Å². The average Bonchev–Trinajstić information content (AvgIpc) is 3.12. The summed E-state index contributed by atoms with van der Waals surface area (Å²) in [5, 5.41) is 22.5. The van der Waals surface area contributed by atoms with Crippen molar-refractivity contribution in [3.8, 4) is 5.75 Å². The molecule has 1 aliphatic rings. The summed E-state index contributed by atoms with van der Waals surface area (Å²) in [5.41, 5.74) is 7.23. The number of carbonyl (C=O) groups is 2. The molecule has 0 amide bonds. The Kier molecular flexibility index (Phi) is 5.02. The van der Waals surface area contributed by atoms with Crippen molar-refractivity contribution in [3.63, 3.8) is 0 Å². The van der Waals surface area contributed by atoms with Gasteiger partial charge in [0.1, 0.15) is 5.75 Å². The first-order valence-electron chi connectivity index (χ1n) is 7.91. The lowest BCUT2D eigenvalue weighted by Crippen LogP contribution is -2.20. The Bertz CT molecular complexity index is 924. The summed E-state index contributed by atoms with van der Waals surface area (Å²) in [6.45, 7) is 0. The second-order valence-corrected chi connectivity index (χ2v) is 5.71. The zero-order valence-corrected chi connectivity index (χ0v) is 14.0.